The number of nitrogens with zero attached hydrogens (tertiary/aromatic N) is 1. The van der Waals surface area contributed by atoms with Crippen molar-refractivity contribution < 1.29 is 9.90 Å². The molecule has 1 aliphatic rings. The van der Waals surface area contributed by atoms with Gasteiger partial charge in [-0.15, -0.1) is 0 Å². The molecule has 1 amide bonds. The van der Waals surface area contributed by atoms with Gasteiger partial charge in [0.15, 0.2) is 0 Å². The average Bonchev–Trinajstić information content (AvgIpc) is 2.96. The van der Waals surface area contributed by atoms with Gasteiger partial charge < -0.3 is 15.0 Å². The van der Waals surface area contributed by atoms with E-state index in [1.165, 1.54) is 10.6 Å². The lowest BCUT2D eigenvalue weighted by atomic mass is 9.74. The van der Waals surface area contributed by atoms with Crippen LogP contribution in [0.5, 0.6) is 0 Å². The van der Waals surface area contributed by atoms with E-state index in [4.69, 9.17) is 0 Å². The monoisotopic (exact) mass is 306 g/mol. The van der Waals surface area contributed by atoms with Crippen molar-refractivity contribution in [3.63, 3.8) is 0 Å². The number of pyridine rings is 1. The van der Waals surface area contributed by atoms with Gasteiger partial charge in [-0.25, -0.2) is 0 Å². The van der Waals surface area contributed by atoms with Crippen molar-refractivity contribution in [1.29, 1.82) is 0 Å². The summed E-state index contributed by atoms with van der Waals surface area (Å²) in [6.07, 6.45) is 5.63. The van der Waals surface area contributed by atoms with Crippen LogP contribution in [-0.2, 0) is 7.05 Å². The van der Waals surface area contributed by atoms with Crippen molar-refractivity contribution in [2.75, 3.05) is 6.61 Å². The maximum atomic E-state index is 12.5. The van der Waals surface area contributed by atoms with E-state index in [-0.39, 0.29) is 35.4 Å². The number of nitrogens with one attached hydrogen (secondary N) is 1. The molecule has 0 spiro atoms. The maximum absolute atomic E-state index is 12.5. The van der Waals surface area contributed by atoms with Crippen LogP contribution in [0.4, 0.5) is 0 Å². The van der Waals surface area contributed by atoms with Gasteiger partial charge in [0.1, 0.15) is 0 Å². The number of carbonyl (C=O) groups is 1. The first-order valence-corrected chi connectivity index (χ1v) is 7.98. The van der Waals surface area contributed by atoms with Crippen LogP contribution in [0.25, 0.3) is 0 Å². The average molecular weight is 306 g/mol. The van der Waals surface area contributed by atoms with Crippen LogP contribution < -0.4 is 10.9 Å². The highest BCUT2D eigenvalue weighted by Crippen LogP contribution is 2.43. The van der Waals surface area contributed by atoms with Gasteiger partial charge in [0.2, 0.25) is 5.56 Å². The predicted octanol–water partition coefficient (Wildman–Crippen LogP) is 1.69. The minimum atomic E-state index is -0.218. The number of aliphatic hydroxyl groups is 1. The molecule has 1 atom stereocenters. The highest BCUT2D eigenvalue weighted by atomic mass is 16.3. The quantitative estimate of drug-likeness (QED) is 0.869. The van der Waals surface area contributed by atoms with Gasteiger partial charge in [0, 0.05) is 30.8 Å². The fourth-order valence-corrected chi connectivity index (χ4v) is 3.63. The molecule has 1 aromatic rings. The van der Waals surface area contributed by atoms with E-state index in [1.54, 1.807) is 19.3 Å². The number of rotatable bonds is 5. The molecule has 0 bridgehead atoms. The predicted molar refractivity (Wildman–Crippen MR) is 85.8 cm³/mol. The van der Waals surface area contributed by atoms with Crippen LogP contribution in [-0.4, -0.2) is 28.2 Å². The summed E-state index contributed by atoms with van der Waals surface area (Å²) in [5, 5.41) is 13.0. The van der Waals surface area contributed by atoms with Gasteiger partial charge in [-0.05, 0) is 24.8 Å². The fraction of sp³-hybridized carbons (Fsp3) is 0.647. The smallest absolute Gasteiger partial charge is 0.253 e. The zero-order valence-electron chi connectivity index (χ0n) is 13.6. The Morgan fingerprint density at radius 1 is 1.36 bits per heavy atom. The Labute approximate surface area is 131 Å². The van der Waals surface area contributed by atoms with Gasteiger partial charge in [-0.2, -0.15) is 0 Å². The van der Waals surface area contributed by atoms with E-state index in [0.717, 1.165) is 25.7 Å². The lowest BCUT2D eigenvalue weighted by Crippen LogP contribution is -2.51. The normalized spacial score (nSPS) is 18.4. The van der Waals surface area contributed by atoms with Crippen LogP contribution in [0.2, 0.25) is 0 Å². The highest BCUT2D eigenvalue weighted by molar-refractivity contribution is 5.94. The molecule has 2 N–H and O–H groups in total. The van der Waals surface area contributed by atoms with E-state index in [2.05, 4.69) is 19.2 Å². The summed E-state index contributed by atoms with van der Waals surface area (Å²) in [5.74, 6) is 0.0516. The summed E-state index contributed by atoms with van der Waals surface area (Å²) in [6, 6.07) is 2.89. The van der Waals surface area contributed by atoms with Crippen LogP contribution in [0.1, 0.15) is 49.9 Å². The molecule has 5 nitrogen and oxygen atoms in total. The molecule has 1 aromatic heterocycles. The second-order valence-corrected chi connectivity index (χ2v) is 6.79. The van der Waals surface area contributed by atoms with Crippen LogP contribution >= 0.6 is 0 Å². The zero-order chi connectivity index (χ0) is 16.3. The fourth-order valence-electron chi connectivity index (χ4n) is 3.63. The Balaban J connectivity index is 2.22. The standard InChI is InChI=1S/C17H26N2O3/c1-12(2)15(17(11-20)8-4-5-9-17)18-16(22)13-6-7-14(21)19(3)10-13/h6-7,10,12,15,20H,4-5,8-9,11H2,1-3H3,(H,18,22)/t15-/m0/s1. The third-order valence-electron chi connectivity index (χ3n) is 4.88. The molecule has 1 fully saturated rings. The molecular weight excluding hydrogens is 280 g/mol. The molecule has 5 heteroatoms. The first-order valence-electron chi connectivity index (χ1n) is 7.98. The summed E-state index contributed by atoms with van der Waals surface area (Å²) in [4.78, 5) is 24.0. The van der Waals surface area contributed by atoms with Crippen LogP contribution in [0.3, 0.4) is 0 Å². The van der Waals surface area contributed by atoms with Crippen molar-refractivity contribution in [2.24, 2.45) is 18.4 Å². The van der Waals surface area contributed by atoms with Crippen molar-refractivity contribution in [1.82, 2.24) is 9.88 Å². The molecule has 22 heavy (non-hydrogen) atoms. The molecule has 1 saturated carbocycles. The summed E-state index contributed by atoms with van der Waals surface area (Å²) in [5.41, 5.74) is 0.114. The first-order chi connectivity index (χ1) is 10.4. The Morgan fingerprint density at radius 3 is 2.50 bits per heavy atom. The van der Waals surface area contributed by atoms with Crippen LogP contribution in [0, 0.1) is 11.3 Å². The summed E-state index contributed by atoms with van der Waals surface area (Å²) < 4.78 is 1.40. The van der Waals surface area contributed by atoms with Gasteiger partial charge in [-0.3, -0.25) is 9.59 Å². The lowest BCUT2D eigenvalue weighted by molar-refractivity contribution is 0.0568. The Kier molecular flexibility index (Phi) is 5.06. The summed E-state index contributed by atoms with van der Waals surface area (Å²) in [6.45, 7) is 4.24. The van der Waals surface area contributed by atoms with Crippen molar-refractivity contribution >= 4 is 5.91 Å². The Morgan fingerprint density at radius 2 is 2.00 bits per heavy atom. The van der Waals surface area contributed by atoms with E-state index in [0.29, 0.717) is 5.56 Å². The highest BCUT2D eigenvalue weighted by Gasteiger charge is 2.43. The number of aromatic nitrogens is 1. The second kappa shape index (κ2) is 6.65. The zero-order valence-corrected chi connectivity index (χ0v) is 13.6. The first kappa shape index (κ1) is 16.7. The van der Waals surface area contributed by atoms with E-state index in [1.807, 2.05) is 0 Å². The molecule has 2 rings (SSSR count). The molecule has 1 aliphatic carbocycles. The molecular formula is C17H26N2O3. The van der Waals surface area contributed by atoms with Crippen molar-refractivity contribution in [3.05, 3.63) is 34.2 Å². The van der Waals surface area contributed by atoms with Gasteiger partial charge >= 0.3 is 0 Å². The number of aryl methyl sites for hydroxylation is 1. The molecule has 0 saturated heterocycles. The number of hydrogen-bond donors (Lipinski definition) is 2. The third kappa shape index (κ3) is 3.24. The molecule has 0 aromatic carbocycles. The summed E-state index contributed by atoms with van der Waals surface area (Å²) >= 11 is 0. The van der Waals surface area contributed by atoms with Crippen molar-refractivity contribution in [2.45, 2.75) is 45.6 Å². The largest absolute Gasteiger partial charge is 0.396 e. The third-order valence-corrected chi connectivity index (χ3v) is 4.88. The SMILES string of the molecule is CC(C)[C@H](NC(=O)c1ccc(=O)n(C)c1)C1(CO)CCCC1. The minimum absolute atomic E-state index is 0.0651. The Bertz CT molecular complexity index is 586. The molecule has 122 valence electrons. The summed E-state index contributed by atoms with van der Waals surface area (Å²) in [7, 11) is 1.63. The van der Waals surface area contributed by atoms with Gasteiger partial charge in [-0.1, -0.05) is 26.7 Å². The maximum Gasteiger partial charge on any atom is 0.253 e. The van der Waals surface area contributed by atoms with Gasteiger partial charge in [0.05, 0.1) is 12.2 Å². The lowest BCUT2D eigenvalue weighted by Gasteiger charge is -2.39. The van der Waals surface area contributed by atoms with E-state index >= 15 is 0 Å². The van der Waals surface area contributed by atoms with E-state index < -0.39 is 0 Å². The van der Waals surface area contributed by atoms with E-state index in [9.17, 15) is 14.7 Å². The number of carbonyl (C=O) groups excluding carboxylic acids is 1. The van der Waals surface area contributed by atoms with Crippen LogP contribution in [0.15, 0.2) is 23.1 Å². The second-order valence-electron chi connectivity index (χ2n) is 6.79. The van der Waals surface area contributed by atoms with Crippen molar-refractivity contribution in [3.8, 4) is 0 Å². The molecule has 0 radical (unpaired) electrons. The molecule has 1 heterocycles. The minimum Gasteiger partial charge on any atom is -0.396 e. The number of aliphatic hydroxyl groups excluding tert-OH is 1. The van der Waals surface area contributed by atoms with Gasteiger partial charge in [0.25, 0.3) is 5.91 Å². The molecule has 0 aliphatic heterocycles. The molecule has 0 unspecified atom stereocenters. The number of amides is 1. The Hall–Kier alpha value is -1.62. The topological polar surface area (TPSA) is 71.3 Å². The number of hydrogen-bond acceptors (Lipinski definition) is 3.